The van der Waals surface area contributed by atoms with Crippen molar-refractivity contribution in [3.63, 3.8) is 0 Å². The molecule has 2 saturated heterocycles. The number of benzene rings is 2. The summed E-state index contributed by atoms with van der Waals surface area (Å²) in [5.74, 6) is -2.27. The average molecular weight is 680 g/mol. The molecule has 0 spiro atoms. The summed E-state index contributed by atoms with van der Waals surface area (Å²) in [6.45, 7) is 2.09. The lowest BCUT2D eigenvalue weighted by Gasteiger charge is -2.37. The molecule has 0 radical (unpaired) electrons. The minimum atomic E-state index is -1.35. The minimum Gasteiger partial charge on any atom is -0.493 e. The van der Waals surface area contributed by atoms with Crippen molar-refractivity contribution < 1.29 is 28.9 Å². The van der Waals surface area contributed by atoms with Crippen LogP contribution in [0.1, 0.15) is 52.4 Å². The Morgan fingerprint density at radius 1 is 1.08 bits per heavy atom. The summed E-state index contributed by atoms with van der Waals surface area (Å²) in [5, 5.41) is 29.9. The molecule has 2 N–H and O–H groups in total. The Morgan fingerprint density at radius 3 is 2.60 bits per heavy atom. The molecular weight excluding hydrogens is 645 g/mol. The molecule has 2 aliphatic heterocycles. The number of halogens is 1. The second kappa shape index (κ2) is 12.4. The molecule has 256 valence electrons. The number of carboxylic acid groups (broad SMARTS) is 1. The Morgan fingerprint density at radius 2 is 1.86 bits per heavy atom. The van der Waals surface area contributed by atoms with Crippen LogP contribution in [0.2, 0.25) is 0 Å². The number of anilines is 1. The molecule has 14 heteroatoms. The Balaban J connectivity index is 1.12. The van der Waals surface area contributed by atoms with Gasteiger partial charge in [-0.2, -0.15) is 0 Å². The molecule has 13 nitrogen and oxygen atoms in total. The highest BCUT2D eigenvalue weighted by atomic mass is 19.1. The molecule has 5 heterocycles. The Kier molecular flexibility index (Phi) is 7.82. The van der Waals surface area contributed by atoms with Crippen LogP contribution in [0.4, 0.5) is 15.8 Å². The number of carbonyl (C=O) groups excluding carboxylic acids is 1. The lowest BCUT2D eigenvalue weighted by molar-refractivity contribution is 0.0694. The first-order valence-corrected chi connectivity index (χ1v) is 16.6. The van der Waals surface area contributed by atoms with E-state index < -0.39 is 28.7 Å². The number of aromatic carboxylic acids is 1. The zero-order chi connectivity index (χ0) is 34.7. The zero-order valence-corrected chi connectivity index (χ0v) is 27.2. The van der Waals surface area contributed by atoms with Crippen molar-refractivity contribution >= 4 is 45.1 Å². The van der Waals surface area contributed by atoms with Crippen molar-refractivity contribution in [3.05, 3.63) is 88.2 Å². The number of amides is 1. The van der Waals surface area contributed by atoms with E-state index in [4.69, 9.17) is 4.74 Å². The summed E-state index contributed by atoms with van der Waals surface area (Å²) in [5.41, 5.74) is 0.773. The number of likely N-dealkylation sites (tertiary alicyclic amines) is 1. The summed E-state index contributed by atoms with van der Waals surface area (Å²) in [6.07, 6.45) is 7.82. The van der Waals surface area contributed by atoms with Gasteiger partial charge >= 0.3 is 5.97 Å². The van der Waals surface area contributed by atoms with Gasteiger partial charge in [-0.15, -0.1) is 10.2 Å². The number of carboxylic acids is 1. The minimum absolute atomic E-state index is 0.00215. The number of hydrogen-bond donors (Lipinski definition) is 2. The first kappa shape index (κ1) is 31.6. The molecule has 0 bridgehead atoms. The molecule has 1 aliphatic carbocycles. The highest BCUT2D eigenvalue weighted by Gasteiger charge is 2.42. The van der Waals surface area contributed by atoms with E-state index in [1.165, 1.54) is 25.7 Å². The largest absolute Gasteiger partial charge is 0.493 e. The maximum Gasteiger partial charge on any atom is 0.341 e. The first-order chi connectivity index (χ1) is 24.2. The quantitative estimate of drug-likeness (QED) is 0.196. The van der Waals surface area contributed by atoms with Crippen molar-refractivity contribution in [3.8, 4) is 11.6 Å². The molecule has 1 saturated carbocycles. The lowest BCUT2D eigenvalue weighted by Crippen LogP contribution is -2.45. The second-order valence-corrected chi connectivity index (χ2v) is 13.1. The third kappa shape index (κ3) is 5.26. The van der Waals surface area contributed by atoms with Crippen LogP contribution in [0.15, 0.2) is 76.1 Å². The Bertz CT molecular complexity index is 2260. The number of methoxy groups -OCH3 is 1. The molecule has 50 heavy (non-hydrogen) atoms. The number of nitrogens with zero attached hydrogens (tertiary/aromatic N) is 7. The highest BCUT2D eigenvalue weighted by molar-refractivity contribution is 5.98. The number of carbonyl (C=O) groups is 2. The summed E-state index contributed by atoms with van der Waals surface area (Å²) >= 11 is 0. The third-order valence-electron chi connectivity index (χ3n) is 10.2. The van der Waals surface area contributed by atoms with Crippen molar-refractivity contribution in [2.75, 3.05) is 31.6 Å². The number of pyridine rings is 2. The van der Waals surface area contributed by atoms with Crippen LogP contribution in [-0.2, 0) is 6.67 Å². The van der Waals surface area contributed by atoms with E-state index in [1.54, 1.807) is 21.3 Å². The van der Waals surface area contributed by atoms with Gasteiger partial charge < -0.3 is 24.4 Å². The van der Waals surface area contributed by atoms with Crippen LogP contribution in [0.3, 0.4) is 0 Å². The van der Waals surface area contributed by atoms with Gasteiger partial charge in [-0.05, 0) is 55.9 Å². The van der Waals surface area contributed by atoms with Crippen molar-refractivity contribution in [2.24, 2.45) is 16.1 Å². The molecular formula is C36H34FN7O6. The van der Waals surface area contributed by atoms with Crippen LogP contribution in [0, 0.1) is 11.7 Å². The van der Waals surface area contributed by atoms with E-state index in [1.807, 2.05) is 29.2 Å². The van der Waals surface area contributed by atoms with Gasteiger partial charge in [0.25, 0.3) is 5.91 Å². The maximum atomic E-state index is 16.2. The monoisotopic (exact) mass is 679 g/mol. The molecule has 8 rings (SSSR count). The molecule has 0 unspecified atom stereocenters. The summed E-state index contributed by atoms with van der Waals surface area (Å²) in [7, 11) is 1.44. The number of azo groups is 1. The van der Waals surface area contributed by atoms with E-state index >= 15 is 4.39 Å². The van der Waals surface area contributed by atoms with E-state index in [0.717, 1.165) is 43.8 Å². The van der Waals surface area contributed by atoms with Gasteiger partial charge in [-0.1, -0.05) is 18.2 Å². The normalized spacial score (nSPS) is 19.4. The van der Waals surface area contributed by atoms with E-state index in [2.05, 4.69) is 20.1 Å². The molecule has 5 aromatic rings. The van der Waals surface area contributed by atoms with Crippen LogP contribution >= 0.6 is 0 Å². The molecule has 3 fully saturated rings. The smallest absolute Gasteiger partial charge is 0.341 e. The number of aromatic hydroxyl groups is 1. The van der Waals surface area contributed by atoms with E-state index in [0.29, 0.717) is 36.2 Å². The molecule has 2 aromatic carbocycles. The van der Waals surface area contributed by atoms with E-state index in [-0.39, 0.29) is 46.4 Å². The third-order valence-corrected chi connectivity index (χ3v) is 10.2. The number of hydrogen-bond acceptors (Lipinski definition) is 9. The van der Waals surface area contributed by atoms with Gasteiger partial charge in [0, 0.05) is 61.3 Å². The molecule has 2 atom stereocenters. The Hall–Kier alpha value is -5.63. The van der Waals surface area contributed by atoms with Crippen LogP contribution in [0.25, 0.3) is 21.8 Å². The van der Waals surface area contributed by atoms with Gasteiger partial charge in [-0.3, -0.25) is 24.0 Å². The summed E-state index contributed by atoms with van der Waals surface area (Å²) in [6, 6.07) is 11.6. The van der Waals surface area contributed by atoms with E-state index in [9.17, 15) is 24.6 Å². The highest BCUT2D eigenvalue weighted by Crippen LogP contribution is 2.46. The molecule has 3 aromatic heterocycles. The van der Waals surface area contributed by atoms with Crippen molar-refractivity contribution in [1.29, 1.82) is 0 Å². The van der Waals surface area contributed by atoms with Gasteiger partial charge in [0.05, 0.1) is 30.2 Å². The zero-order valence-electron chi connectivity index (χ0n) is 27.2. The van der Waals surface area contributed by atoms with Gasteiger partial charge in [-0.25, -0.2) is 9.18 Å². The fourth-order valence-electron chi connectivity index (χ4n) is 7.70. The lowest BCUT2D eigenvalue weighted by atomic mass is 9.92. The number of piperidine rings is 1. The number of para-hydroxylation sites is 1. The SMILES string of the molecule is COc1c(N2C[C@@H]3CCCN(Cn4c(O)c(N=NC(=O)c5ccncc5)c5ccccc54)[C@@H]3C2)c(F)cc2c(=O)c(C(=O)O)cn(C3CC3)c12. The summed E-state index contributed by atoms with van der Waals surface area (Å²) in [4.78, 5) is 45.9. The van der Waals surface area contributed by atoms with Crippen LogP contribution in [0.5, 0.6) is 11.6 Å². The fourth-order valence-corrected chi connectivity index (χ4v) is 7.70. The van der Waals surface area contributed by atoms with Crippen molar-refractivity contribution in [1.82, 2.24) is 19.0 Å². The second-order valence-electron chi connectivity index (χ2n) is 13.1. The maximum absolute atomic E-state index is 16.2. The van der Waals surface area contributed by atoms with Gasteiger partial charge in [0.1, 0.15) is 11.3 Å². The predicted octanol–water partition coefficient (Wildman–Crippen LogP) is 5.72. The van der Waals surface area contributed by atoms with Crippen LogP contribution in [-0.4, -0.2) is 73.9 Å². The average Bonchev–Trinajstić information content (AvgIpc) is 3.82. The van der Waals surface area contributed by atoms with Gasteiger partial charge in [0.15, 0.2) is 17.3 Å². The Labute approximate surface area is 284 Å². The van der Waals surface area contributed by atoms with Crippen molar-refractivity contribution in [2.45, 2.75) is 44.4 Å². The number of ether oxygens (including phenoxy) is 1. The molecule has 3 aliphatic rings. The standard InChI is InChI=1S/C36H34FN7O6/c1-50-33-30-24(32(45)25(36(48)49)17-43(30)22-8-9-22)15-26(37)31(33)42-16-21-5-4-14-41(28(21)18-42)19-44-27-7-3-2-6-23(27)29(35(44)47)39-40-34(46)20-10-12-38-13-11-20/h2-3,6-7,10-13,15,17,21-22,28,47H,4-5,8-9,14,16,18-19H2,1H3,(H,48,49)/t21-,28+/m0/s1. The molecule has 1 amide bonds. The topological polar surface area (TPSA) is 155 Å². The number of rotatable bonds is 8. The number of aromatic nitrogens is 3. The van der Waals surface area contributed by atoms with Crippen LogP contribution < -0.4 is 15.1 Å². The van der Waals surface area contributed by atoms with Gasteiger partial charge in [0.2, 0.25) is 11.3 Å². The predicted molar refractivity (Wildman–Crippen MR) is 182 cm³/mol. The summed E-state index contributed by atoms with van der Waals surface area (Å²) < 4.78 is 25.5. The first-order valence-electron chi connectivity index (χ1n) is 16.6. The fraction of sp³-hybridized carbons (Fsp3) is 0.333. The number of fused-ring (bicyclic) bond motifs is 3.